The minimum absolute atomic E-state index is 0.0870. The van der Waals surface area contributed by atoms with Crippen molar-refractivity contribution in [2.75, 3.05) is 11.6 Å². The highest BCUT2D eigenvalue weighted by Gasteiger charge is 2.18. The normalized spacial score (nSPS) is 11.2. The quantitative estimate of drug-likeness (QED) is 0.827. The Labute approximate surface area is 139 Å². The molecule has 8 heteroatoms. The van der Waals surface area contributed by atoms with Gasteiger partial charge < -0.3 is 14.8 Å². The third kappa shape index (κ3) is 4.02. The van der Waals surface area contributed by atoms with E-state index in [-0.39, 0.29) is 16.1 Å². The molecule has 0 saturated carbocycles. The van der Waals surface area contributed by atoms with Crippen LogP contribution in [0.5, 0.6) is 0 Å². The van der Waals surface area contributed by atoms with E-state index >= 15 is 0 Å². The van der Waals surface area contributed by atoms with Gasteiger partial charge in [-0.2, -0.15) is 0 Å². The van der Waals surface area contributed by atoms with Gasteiger partial charge in [0, 0.05) is 18.4 Å². The zero-order valence-corrected chi connectivity index (χ0v) is 14.0. The Kier molecular flexibility index (Phi) is 5.08. The number of carbonyl (C=O) groups excluding carboxylic acids is 1. The summed E-state index contributed by atoms with van der Waals surface area (Å²) in [5.41, 5.74) is 0.191. The molecule has 0 bridgehead atoms. The standard InChI is InChI=1S/C16H17NO6S/c1-3-4-14-13(5-6-23-14)15(18)17-11-7-10(16(19)20)8-12(9-11)24(2,21)22/h5-9H,3-4H2,1-2H3,(H,17,18)(H,19,20). The predicted octanol–water partition coefficient (Wildman–Crippen LogP) is 2.59. The highest BCUT2D eigenvalue weighted by atomic mass is 32.2. The number of sulfone groups is 1. The minimum atomic E-state index is -3.62. The number of amides is 1. The highest BCUT2D eigenvalue weighted by Crippen LogP contribution is 2.21. The number of carbonyl (C=O) groups is 2. The lowest BCUT2D eigenvalue weighted by molar-refractivity contribution is 0.0696. The van der Waals surface area contributed by atoms with Crippen molar-refractivity contribution in [1.82, 2.24) is 0 Å². The van der Waals surface area contributed by atoms with Gasteiger partial charge in [0.25, 0.3) is 5.91 Å². The van der Waals surface area contributed by atoms with Crippen LogP contribution in [0.2, 0.25) is 0 Å². The minimum Gasteiger partial charge on any atom is -0.478 e. The Morgan fingerprint density at radius 2 is 1.96 bits per heavy atom. The smallest absolute Gasteiger partial charge is 0.335 e. The van der Waals surface area contributed by atoms with Gasteiger partial charge in [-0.15, -0.1) is 0 Å². The Hall–Kier alpha value is -2.61. The van der Waals surface area contributed by atoms with E-state index in [0.29, 0.717) is 17.7 Å². The van der Waals surface area contributed by atoms with E-state index in [1.54, 1.807) is 0 Å². The molecular weight excluding hydrogens is 334 g/mol. The van der Waals surface area contributed by atoms with Gasteiger partial charge in [-0.3, -0.25) is 4.79 Å². The zero-order valence-electron chi connectivity index (χ0n) is 13.2. The molecule has 0 fully saturated rings. The Morgan fingerprint density at radius 1 is 1.25 bits per heavy atom. The predicted molar refractivity (Wildman–Crippen MR) is 87.2 cm³/mol. The van der Waals surface area contributed by atoms with Crippen LogP contribution in [0.4, 0.5) is 5.69 Å². The molecule has 7 nitrogen and oxygen atoms in total. The van der Waals surface area contributed by atoms with Crippen molar-refractivity contribution in [1.29, 1.82) is 0 Å². The second-order valence-corrected chi connectivity index (χ2v) is 7.30. The summed E-state index contributed by atoms with van der Waals surface area (Å²) >= 11 is 0. The number of benzene rings is 1. The van der Waals surface area contributed by atoms with Crippen LogP contribution in [0.25, 0.3) is 0 Å². The Bertz CT molecular complexity index is 882. The lowest BCUT2D eigenvalue weighted by atomic mass is 10.1. The fourth-order valence-corrected chi connectivity index (χ4v) is 2.85. The van der Waals surface area contributed by atoms with E-state index in [1.165, 1.54) is 24.5 Å². The van der Waals surface area contributed by atoms with E-state index < -0.39 is 21.7 Å². The number of nitrogens with one attached hydrogen (secondary N) is 1. The molecule has 0 unspecified atom stereocenters. The lowest BCUT2D eigenvalue weighted by Gasteiger charge is -2.09. The fourth-order valence-electron chi connectivity index (χ4n) is 2.17. The van der Waals surface area contributed by atoms with E-state index in [9.17, 15) is 18.0 Å². The third-order valence-corrected chi connectivity index (χ3v) is 4.40. The topological polar surface area (TPSA) is 114 Å². The molecule has 0 aliphatic heterocycles. The molecule has 1 heterocycles. The fraction of sp³-hybridized carbons (Fsp3) is 0.250. The van der Waals surface area contributed by atoms with Crippen LogP contribution in [-0.4, -0.2) is 31.7 Å². The van der Waals surface area contributed by atoms with Crippen LogP contribution in [0.15, 0.2) is 39.8 Å². The first-order valence-corrected chi connectivity index (χ1v) is 9.07. The van der Waals surface area contributed by atoms with E-state index in [1.807, 2.05) is 6.92 Å². The number of rotatable bonds is 6. The van der Waals surface area contributed by atoms with Crippen molar-refractivity contribution in [3.05, 3.63) is 47.4 Å². The number of carboxylic acids is 1. The van der Waals surface area contributed by atoms with E-state index in [0.717, 1.165) is 18.7 Å². The molecule has 128 valence electrons. The second-order valence-electron chi connectivity index (χ2n) is 5.28. The van der Waals surface area contributed by atoms with Crippen LogP contribution in [0.3, 0.4) is 0 Å². The van der Waals surface area contributed by atoms with Crippen molar-refractivity contribution < 1.29 is 27.5 Å². The molecule has 2 N–H and O–H groups in total. The van der Waals surface area contributed by atoms with Crippen LogP contribution in [-0.2, 0) is 16.3 Å². The number of aryl methyl sites for hydroxylation is 1. The summed E-state index contributed by atoms with van der Waals surface area (Å²) in [4.78, 5) is 23.3. The summed E-state index contributed by atoms with van der Waals surface area (Å²) in [6.45, 7) is 1.94. The SMILES string of the molecule is CCCc1occc1C(=O)Nc1cc(C(=O)O)cc(S(C)(=O)=O)c1. The van der Waals surface area contributed by atoms with Gasteiger partial charge in [0.1, 0.15) is 5.76 Å². The maximum Gasteiger partial charge on any atom is 0.335 e. The number of carboxylic acid groups (broad SMARTS) is 1. The average molecular weight is 351 g/mol. The van der Waals surface area contributed by atoms with Crippen LogP contribution in [0.1, 0.15) is 39.8 Å². The van der Waals surface area contributed by atoms with Crippen molar-refractivity contribution >= 4 is 27.4 Å². The lowest BCUT2D eigenvalue weighted by Crippen LogP contribution is -2.14. The number of furan rings is 1. The summed E-state index contributed by atoms with van der Waals surface area (Å²) in [5.74, 6) is -1.26. The van der Waals surface area contributed by atoms with Crippen LogP contribution < -0.4 is 5.32 Å². The van der Waals surface area contributed by atoms with Gasteiger partial charge in [0.2, 0.25) is 0 Å². The molecule has 0 radical (unpaired) electrons. The molecule has 2 aromatic rings. The van der Waals surface area contributed by atoms with Gasteiger partial charge >= 0.3 is 5.97 Å². The van der Waals surface area contributed by atoms with E-state index in [2.05, 4.69) is 5.32 Å². The molecule has 0 aliphatic carbocycles. The van der Waals surface area contributed by atoms with Gasteiger partial charge in [-0.1, -0.05) is 6.92 Å². The Balaban J connectivity index is 2.38. The van der Waals surface area contributed by atoms with Crippen molar-refractivity contribution in [2.24, 2.45) is 0 Å². The summed E-state index contributed by atoms with van der Waals surface area (Å²) < 4.78 is 28.6. The first-order valence-electron chi connectivity index (χ1n) is 7.18. The van der Waals surface area contributed by atoms with Gasteiger partial charge in [-0.25, -0.2) is 13.2 Å². The van der Waals surface area contributed by atoms with Crippen molar-refractivity contribution in [2.45, 2.75) is 24.7 Å². The van der Waals surface area contributed by atoms with Gasteiger partial charge in [0.05, 0.1) is 22.3 Å². The van der Waals surface area contributed by atoms with Crippen LogP contribution in [0, 0.1) is 0 Å². The molecule has 1 amide bonds. The van der Waals surface area contributed by atoms with Crippen LogP contribution >= 0.6 is 0 Å². The number of aromatic carboxylic acids is 1. The van der Waals surface area contributed by atoms with E-state index in [4.69, 9.17) is 9.52 Å². The molecule has 0 aliphatic rings. The average Bonchev–Trinajstić information content (AvgIpc) is 2.94. The third-order valence-electron chi connectivity index (χ3n) is 3.31. The maximum atomic E-state index is 12.3. The summed E-state index contributed by atoms with van der Waals surface area (Å²) in [6, 6.07) is 4.99. The highest BCUT2D eigenvalue weighted by molar-refractivity contribution is 7.90. The van der Waals surface area contributed by atoms with Gasteiger partial charge in [-0.05, 0) is 30.7 Å². The number of hydrogen-bond acceptors (Lipinski definition) is 5. The summed E-state index contributed by atoms with van der Waals surface area (Å²) in [5, 5.41) is 11.6. The summed E-state index contributed by atoms with van der Waals surface area (Å²) in [6.07, 6.45) is 3.74. The van der Waals surface area contributed by atoms with Crippen molar-refractivity contribution in [3.8, 4) is 0 Å². The number of hydrogen-bond donors (Lipinski definition) is 2. The molecule has 0 atom stereocenters. The largest absolute Gasteiger partial charge is 0.478 e. The number of anilines is 1. The van der Waals surface area contributed by atoms with Crippen molar-refractivity contribution in [3.63, 3.8) is 0 Å². The molecule has 24 heavy (non-hydrogen) atoms. The molecule has 0 saturated heterocycles. The first kappa shape index (κ1) is 17.7. The zero-order chi connectivity index (χ0) is 17.9. The Morgan fingerprint density at radius 3 is 2.54 bits per heavy atom. The molecule has 1 aromatic carbocycles. The molecular formula is C16H17NO6S. The van der Waals surface area contributed by atoms with Gasteiger partial charge in [0.15, 0.2) is 9.84 Å². The second kappa shape index (κ2) is 6.88. The molecule has 2 rings (SSSR count). The molecule has 1 aromatic heterocycles. The summed E-state index contributed by atoms with van der Waals surface area (Å²) in [7, 11) is -3.62. The first-order chi connectivity index (χ1) is 11.2. The maximum absolute atomic E-state index is 12.3. The monoisotopic (exact) mass is 351 g/mol. The molecule has 0 spiro atoms.